The van der Waals surface area contributed by atoms with E-state index < -0.39 is 5.25 Å². The summed E-state index contributed by atoms with van der Waals surface area (Å²) in [6.07, 6.45) is 0.723. The molecule has 132 valence electrons. The minimum absolute atomic E-state index is 0.183. The molecule has 1 aromatic carbocycles. The molecule has 0 radical (unpaired) electrons. The zero-order valence-corrected chi connectivity index (χ0v) is 15.5. The average Bonchev–Trinajstić information content (AvgIpc) is 3.05. The Labute approximate surface area is 153 Å². The smallest absolute Gasteiger partial charge is 0.319 e. The number of esters is 1. The number of aryl methyl sites for hydroxylation is 1. The number of nitrogens with zero attached hydrogens (tertiary/aromatic N) is 2. The van der Waals surface area contributed by atoms with Gasteiger partial charge in [0.15, 0.2) is 5.16 Å². The Morgan fingerprint density at radius 1 is 1.44 bits per heavy atom. The van der Waals surface area contributed by atoms with Crippen molar-refractivity contribution >= 4 is 29.5 Å². The minimum Gasteiger partial charge on any atom is -0.465 e. The highest BCUT2D eigenvalue weighted by Gasteiger charge is 2.25. The molecule has 1 unspecified atom stereocenters. The van der Waals surface area contributed by atoms with Crippen LogP contribution in [0.1, 0.15) is 19.5 Å². The quantitative estimate of drug-likeness (QED) is 0.451. The summed E-state index contributed by atoms with van der Waals surface area (Å²) < 4.78 is 19.7. The van der Waals surface area contributed by atoms with E-state index in [-0.39, 0.29) is 17.3 Å². The number of hydrogen-bond donors (Lipinski definition) is 0. The van der Waals surface area contributed by atoms with Gasteiger partial charge in [0.2, 0.25) is 0 Å². The highest BCUT2D eigenvalue weighted by atomic mass is 32.2. The second kappa shape index (κ2) is 7.61. The van der Waals surface area contributed by atoms with Gasteiger partial charge >= 0.3 is 5.97 Å². The lowest BCUT2D eigenvalue weighted by Crippen LogP contribution is -2.26. The lowest BCUT2D eigenvalue weighted by Gasteiger charge is -2.16. The molecule has 0 aliphatic carbocycles. The predicted molar refractivity (Wildman–Crippen MR) is 96.2 cm³/mol. The molecule has 2 heterocycles. The standard InChI is InChI=1S/C17H17FN2O3S2/c1-3-23-16(22)10(2)25-17-19-13-8-9-24-14(13)15(21)20(17)12-6-4-11(18)5-7-12/h4-7,10H,3,8-9H2,1-2H3. The number of aromatic nitrogens is 2. The molecular weight excluding hydrogens is 363 g/mol. The van der Waals surface area contributed by atoms with Crippen LogP contribution in [0.3, 0.4) is 0 Å². The fraction of sp³-hybridized carbons (Fsp3) is 0.353. The molecule has 8 heteroatoms. The number of ether oxygens (including phenoxy) is 1. The largest absolute Gasteiger partial charge is 0.465 e. The van der Waals surface area contributed by atoms with Crippen molar-refractivity contribution < 1.29 is 13.9 Å². The van der Waals surface area contributed by atoms with Crippen LogP contribution < -0.4 is 5.56 Å². The number of thioether (sulfide) groups is 2. The molecule has 5 nitrogen and oxygen atoms in total. The fourth-order valence-corrected chi connectivity index (χ4v) is 4.42. The van der Waals surface area contributed by atoms with Gasteiger partial charge in [-0.25, -0.2) is 9.37 Å². The molecule has 0 bridgehead atoms. The second-order valence-corrected chi connectivity index (χ2v) is 7.81. The number of fused-ring (bicyclic) bond motifs is 1. The molecule has 1 aliphatic heterocycles. The van der Waals surface area contributed by atoms with Crippen molar-refractivity contribution in [1.82, 2.24) is 9.55 Å². The van der Waals surface area contributed by atoms with Gasteiger partial charge in [-0.15, -0.1) is 11.8 Å². The first-order valence-electron chi connectivity index (χ1n) is 7.89. The first-order valence-corrected chi connectivity index (χ1v) is 9.75. The Hall–Kier alpha value is -1.80. The molecule has 3 rings (SSSR count). The van der Waals surface area contributed by atoms with Gasteiger partial charge in [0.05, 0.1) is 22.9 Å². The summed E-state index contributed by atoms with van der Waals surface area (Å²) in [4.78, 5) is 30.1. The van der Waals surface area contributed by atoms with Crippen LogP contribution in [0.5, 0.6) is 0 Å². The number of rotatable bonds is 5. The Bertz CT molecular complexity index is 852. The van der Waals surface area contributed by atoms with Crippen LogP contribution in [0.4, 0.5) is 4.39 Å². The third-order valence-electron chi connectivity index (χ3n) is 3.65. The molecule has 1 aromatic heterocycles. The van der Waals surface area contributed by atoms with Crippen LogP contribution in [0.25, 0.3) is 5.69 Å². The van der Waals surface area contributed by atoms with E-state index in [2.05, 4.69) is 4.98 Å². The molecule has 2 aromatic rings. The van der Waals surface area contributed by atoms with Crippen molar-refractivity contribution in [3.63, 3.8) is 0 Å². The van der Waals surface area contributed by atoms with Gasteiger partial charge in [-0.2, -0.15) is 0 Å². The number of carbonyl (C=O) groups is 1. The Morgan fingerprint density at radius 2 is 2.16 bits per heavy atom. The minimum atomic E-state index is -0.509. The van der Waals surface area contributed by atoms with E-state index in [1.165, 1.54) is 52.4 Å². The SMILES string of the molecule is CCOC(=O)C(C)Sc1nc2c(c(=O)n1-c1ccc(F)cc1)SCC2. The Balaban J connectivity index is 2.07. The van der Waals surface area contributed by atoms with Crippen molar-refractivity contribution in [2.24, 2.45) is 0 Å². The van der Waals surface area contributed by atoms with Crippen LogP contribution >= 0.6 is 23.5 Å². The van der Waals surface area contributed by atoms with Gasteiger partial charge in [0.25, 0.3) is 5.56 Å². The Morgan fingerprint density at radius 3 is 2.84 bits per heavy atom. The lowest BCUT2D eigenvalue weighted by atomic mass is 10.3. The molecule has 25 heavy (non-hydrogen) atoms. The molecular formula is C17H17FN2O3S2. The first-order chi connectivity index (χ1) is 12.0. The summed E-state index contributed by atoms with van der Waals surface area (Å²) in [5, 5.41) is -0.0935. The van der Waals surface area contributed by atoms with Crippen LogP contribution in [0, 0.1) is 5.82 Å². The van der Waals surface area contributed by atoms with E-state index in [4.69, 9.17) is 4.74 Å². The van der Waals surface area contributed by atoms with E-state index in [9.17, 15) is 14.0 Å². The number of halogens is 1. The van der Waals surface area contributed by atoms with Crippen molar-refractivity contribution in [2.45, 2.75) is 35.6 Å². The zero-order chi connectivity index (χ0) is 18.0. The number of hydrogen-bond acceptors (Lipinski definition) is 6. The van der Waals surface area contributed by atoms with Crippen molar-refractivity contribution in [3.8, 4) is 5.69 Å². The van der Waals surface area contributed by atoms with E-state index in [0.29, 0.717) is 22.3 Å². The topological polar surface area (TPSA) is 61.2 Å². The molecule has 1 atom stereocenters. The van der Waals surface area contributed by atoms with Crippen molar-refractivity contribution in [3.05, 3.63) is 46.1 Å². The summed E-state index contributed by atoms with van der Waals surface area (Å²) in [5.41, 5.74) is 1.09. The molecule has 1 aliphatic rings. The highest BCUT2D eigenvalue weighted by Crippen LogP contribution is 2.31. The maximum absolute atomic E-state index is 13.3. The van der Waals surface area contributed by atoms with Crippen LogP contribution in [-0.4, -0.2) is 33.1 Å². The van der Waals surface area contributed by atoms with Gasteiger partial charge < -0.3 is 4.74 Å². The first kappa shape index (κ1) is 18.0. The van der Waals surface area contributed by atoms with Crippen molar-refractivity contribution in [1.29, 1.82) is 0 Å². The number of benzene rings is 1. The molecule has 0 spiro atoms. The van der Waals surface area contributed by atoms with Crippen LogP contribution in [-0.2, 0) is 16.0 Å². The third-order valence-corrected chi connectivity index (χ3v) is 5.79. The molecule has 0 amide bonds. The highest BCUT2D eigenvalue weighted by molar-refractivity contribution is 8.00. The maximum Gasteiger partial charge on any atom is 0.319 e. The zero-order valence-electron chi connectivity index (χ0n) is 13.8. The van der Waals surface area contributed by atoms with Crippen molar-refractivity contribution in [2.75, 3.05) is 12.4 Å². The van der Waals surface area contributed by atoms with Gasteiger partial charge in [-0.1, -0.05) is 11.8 Å². The summed E-state index contributed by atoms with van der Waals surface area (Å²) in [7, 11) is 0. The summed E-state index contributed by atoms with van der Waals surface area (Å²) in [5.74, 6) is 0.0689. The van der Waals surface area contributed by atoms with E-state index in [0.717, 1.165) is 17.9 Å². The fourth-order valence-electron chi connectivity index (χ4n) is 2.46. The number of carbonyl (C=O) groups excluding carboxylic acids is 1. The molecule has 0 saturated heterocycles. The third kappa shape index (κ3) is 3.74. The Kier molecular flexibility index (Phi) is 5.48. The van der Waals surface area contributed by atoms with E-state index >= 15 is 0 Å². The summed E-state index contributed by atoms with van der Waals surface area (Å²) in [6.45, 7) is 3.75. The molecule has 0 fully saturated rings. The summed E-state index contributed by atoms with van der Waals surface area (Å²) >= 11 is 2.65. The van der Waals surface area contributed by atoms with E-state index in [1.807, 2.05) is 0 Å². The normalized spacial score (nSPS) is 14.2. The summed E-state index contributed by atoms with van der Waals surface area (Å²) in [6, 6.07) is 5.66. The second-order valence-electron chi connectivity index (χ2n) is 5.40. The maximum atomic E-state index is 13.3. The monoisotopic (exact) mass is 380 g/mol. The average molecular weight is 380 g/mol. The van der Waals surface area contributed by atoms with Gasteiger partial charge in [-0.3, -0.25) is 14.2 Å². The van der Waals surface area contributed by atoms with Gasteiger partial charge in [0.1, 0.15) is 11.1 Å². The lowest BCUT2D eigenvalue weighted by molar-refractivity contribution is -0.142. The van der Waals surface area contributed by atoms with Crippen LogP contribution in [0.15, 0.2) is 39.1 Å². The van der Waals surface area contributed by atoms with Gasteiger partial charge in [0, 0.05) is 12.2 Å². The van der Waals surface area contributed by atoms with Crippen LogP contribution in [0.2, 0.25) is 0 Å². The van der Waals surface area contributed by atoms with E-state index in [1.54, 1.807) is 13.8 Å². The predicted octanol–water partition coefficient (Wildman–Crippen LogP) is 3.06. The van der Waals surface area contributed by atoms with Gasteiger partial charge in [-0.05, 0) is 38.1 Å². The molecule has 0 saturated carbocycles. The molecule has 0 N–H and O–H groups in total.